The van der Waals surface area contributed by atoms with Gasteiger partial charge in [0.2, 0.25) is 0 Å². The molecule has 0 amide bonds. The summed E-state index contributed by atoms with van der Waals surface area (Å²) >= 11 is 0. The molecule has 2 aromatic rings. The van der Waals surface area contributed by atoms with Crippen LogP contribution < -0.4 is 5.73 Å². The van der Waals surface area contributed by atoms with Crippen molar-refractivity contribution in [3.63, 3.8) is 0 Å². The second-order valence-electron chi connectivity index (χ2n) is 3.40. The third kappa shape index (κ3) is 1.78. The molecule has 15 heavy (non-hydrogen) atoms. The third-order valence-electron chi connectivity index (χ3n) is 1.89. The van der Waals surface area contributed by atoms with Gasteiger partial charge in [0.15, 0.2) is 17.3 Å². The standard InChI is InChI=1S/C9H11N5O/c1-5(2)8-13-9(15-14-8)6-7(10)12-4-3-11-6/h3-5H,1-2H3,(H2,10,12). The van der Waals surface area contributed by atoms with Crippen molar-refractivity contribution >= 4 is 5.82 Å². The fourth-order valence-electron chi connectivity index (χ4n) is 1.08. The molecular formula is C9H11N5O. The third-order valence-corrected chi connectivity index (χ3v) is 1.89. The molecule has 0 fully saturated rings. The first kappa shape index (κ1) is 9.57. The van der Waals surface area contributed by atoms with E-state index in [4.69, 9.17) is 10.3 Å². The van der Waals surface area contributed by atoms with Crippen LogP contribution >= 0.6 is 0 Å². The van der Waals surface area contributed by atoms with Crippen LogP contribution in [0.25, 0.3) is 11.6 Å². The largest absolute Gasteiger partial charge is 0.382 e. The second-order valence-corrected chi connectivity index (χ2v) is 3.40. The van der Waals surface area contributed by atoms with E-state index in [-0.39, 0.29) is 11.7 Å². The SMILES string of the molecule is CC(C)c1noc(-c2nccnc2N)n1. The fraction of sp³-hybridized carbons (Fsp3) is 0.333. The summed E-state index contributed by atoms with van der Waals surface area (Å²) in [6, 6.07) is 0. The summed E-state index contributed by atoms with van der Waals surface area (Å²) < 4.78 is 5.05. The van der Waals surface area contributed by atoms with Crippen molar-refractivity contribution in [2.45, 2.75) is 19.8 Å². The van der Waals surface area contributed by atoms with Gasteiger partial charge < -0.3 is 10.3 Å². The molecule has 2 heterocycles. The summed E-state index contributed by atoms with van der Waals surface area (Å²) in [5.41, 5.74) is 6.06. The molecule has 0 atom stereocenters. The molecule has 78 valence electrons. The van der Waals surface area contributed by atoms with E-state index in [2.05, 4.69) is 20.1 Å². The molecule has 0 saturated heterocycles. The number of anilines is 1. The number of nitrogens with two attached hydrogens (primary N) is 1. The summed E-state index contributed by atoms with van der Waals surface area (Å²) in [6.07, 6.45) is 3.05. The minimum Gasteiger partial charge on any atom is -0.382 e. The molecule has 0 aliphatic heterocycles. The van der Waals surface area contributed by atoms with Crippen LogP contribution in [0, 0.1) is 0 Å². The Bertz CT molecular complexity index is 465. The maximum atomic E-state index is 5.64. The fourth-order valence-corrected chi connectivity index (χ4v) is 1.08. The van der Waals surface area contributed by atoms with Crippen molar-refractivity contribution in [1.29, 1.82) is 0 Å². The number of nitrogen functional groups attached to an aromatic ring is 1. The van der Waals surface area contributed by atoms with Gasteiger partial charge in [-0.15, -0.1) is 0 Å². The molecule has 0 spiro atoms. The average Bonchev–Trinajstić information content (AvgIpc) is 2.67. The van der Waals surface area contributed by atoms with Crippen LogP contribution in [-0.4, -0.2) is 20.1 Å². The Hall–Kier alpha value is -1.98. The van der Waals surface area contributed by atoms with Gasteiger partial charge in [0, 0.05) is 18.3 Å². The molecule has 0 radical (unpaired) electrons. The van der Waals surface area contributed by atoms with Crippen LogP contribution in [-0.2, 0) is 0 Å². The molecule has 0 saturated carbocycles. The van der Waals surface area contributed by atoms with E-state index in [0.29, 0.717) is 17.4 Å². The van der Waals surface area contributed by atoms with Gasteiger partial charge in [0.25, 0.3) is 5.89 Å². The lowest BCUT2D eigenvalue weighted by atomic mass is 10.2. The number of aromatic nitrogens is 4. The lowest BCUT2D eigenvalue weighted by molar-refractivity contribution is 0.418. The minimum absolute atomic E-state index is 0.209. The Labute approximate surface area is 86.5 Å². The summed E-state index contributed by atoms with van der Waals surface area (Å²) in [5, 5.41) is 3.82. The first-order chi connectivity index (χ1) is 7.18. The number of hydrogen-bond acceptors (Lipinski definition) is 6. The molecule has 0 aliphatic carbocycles. The second kappa shape index (κ2) is 3.64. The number of hydrogen-bond donors (Lipinski definition) is 1. The Morgan fingerprint density at radius 3 is 2.60 bits per heavy atom. The minimum atomic E-state index is 0.209. The van der Waals surface area contributed by atoms with Gasteiger partial charge in [-0.2, -0.15) is 4.98 Å². The zero-order chi connectivity index (χ0) is 10.8. The highest BCUT2D eigenvalue weighted by atomic mass is 16.5. The van der Waals surface area contributed by atoms with E-state index < -0.39 is 0 Å². The van der Waals surface area contributed by atoms with Gasteiger partial charge >= 0.3 is 0 Å². The van der Waals surface area contributed by atoms with Gasteiger partial charge in [-0.25, -0.2) is 9.97 Å². The van der Waals surface area contributed by atoms with Crippen LogP contribution in [0.15, 0.2) is 16.9 Å². The maximum Gasteiger partial charge on any atom is 0.280 e. The van der Waals surface area contributed by atoms with Crippen LogP contribution in [0.3, 0.4) is 0 Å². The molecule has 2 rings (SSSR count). The van der Waals surface area contributed by atoms with E-state index in [1.807, 2.05) is 13.8 Å². The topological polar surface area (TPSA) is 90.7 Å². The van der Waals surface area contributed by atoms with Crippen molar-refractivity contribution in [2.24, 2.45) is 0 Å². The Kier molecular flexibility index (Phi) is 2.32. The maximum absolute atomic E-state index is 5.64. The quantitative estimate of drug-likeness (QED) is 0.792. The number of rotatable bonds is 2. The van der Waals surface area contributed by atoms with Gasteiger partial charge in [0.05, 0.1) is 0 Å². The molecule has 0 aromatic carbocycles. The average molecular weight is 205 g/mol. The van der Waals surface area contributed by atoms with Gasteiger partial charge in [0.1, 0.15) is 0 Å². The van der Waals surface area contributed by atoms with Gasteiger partial charge in [-0.05, 0) is 0 Å². The molecule has 6 nitrogen and oxygen atoms in total. The first-order valence-electron chi connectivity index (χ1n) is 4.59. The van der Waals surface area contributed by atoms with Crippen LogP contribution in [0.1, 0.15) is 25.6 Å². The molecule has 0 bridgehead atoms. The van der Waals surface area contributed by atoms with Crippen LogP contribution in [0.2, 0.25) is 0 Å². The summed E-state index contributed by atoms with van der Waals surface area (Å²) in [5.74, 6) is 1.44. The summed E-state index contributed by atoms with van der Waals surface area (Å²) in [6.45, 7) is 3.96. The Morgan fingerprint density at radius 2 is 2.00 bits per heavy atom. The van der Waals surface area contributed by atoms with Crippen molar-refractivity contribution in [1.82, 2.24) is 20.1 Å². The lowest BCUT2D eigenvalue weighted by Crippen LogP contribution is -1.96. The Morgan fingerprint density at radius 1 is 1.27 bits per heavy atom. The smallest absolute Gasteiger partial charge is 0.280 e. The van der Waals surface area contributed by atoms with Crippen LogP contribution in [0.5, 0.6) is 0 Å². The molecule has 6 heteroatoms. The zero-order valence-corrected chi connectivity index (χ0v) is 8.51. The van der Waals surface area contributed by atoms with Gasteiger partial charge in [-0.3, -0.25) is 0 Å². The summed E-state index contributed by atoms with van der Waals surface area (Å²) in [4.78, 5) is 12.1. The molecule has 2 N–H and O–H groups in total. The lowest BCUT2D eigenvalue weighted by Gasteiger charge is -1.96. The van der Waals surface area contributed by atoms with Crippen molar-refractivity contribution < 1.29 is 4.52 Å². The molecular weight excluding hydrogens is 194 g/mol. The van der Waals surface area contributed by atoms with Gasteiger partial charge in [-0.1, -0.05) is 19.0 Å². The van der Waals surface area contributed by atoms with Crippen molar-refractivity contribution in [3.8, 4) is 11.6 Å². The molecule has 0 unspecified atom stereocenters. The van der Waals surface area contributed by atoms with E-state index in [1.54, 1.807) is 0 Å². The highest BCUT2D eigenvalue weighted by Crippen LogP contribution is 2.20. The predicted octanol–water partition coefficient (Wildman–Crippen LogP) is 1.23. The van der Waals surface area contributed by atoms with E-state index >= 15 is 0 Å². The predicted molar refractivity (Wildman–Crippen MR) is 53.8 cm³/mol. The molecule has 2 aromatic heterocycles. The van der Waals surface area contributed by atoms with Crippen molar-refractivity contribution in [3.05, 3.63) is 18.2 Å². The zero-order valence-electron chi connectivity index (χ0n) is 8.51. The first-order valence-corrected chi connectivity index (χ1v) is 4.59. The van der Waals surface area contributed by atoms with E-state index in [0.717, 1.165) is 0 Å². The summed E-state index contributed by atoms with van der Waals surface area (Å²) in [7, 11) is 0. The highest BCUT2D eigenvalue weighted by Gasteiger charge is 2.14. The normalized spacial score (nSPS) is 10.9. The molecule has 0 aliphatic rings. The highest BCUT2D eigenvalue weighted by molar-refractivity contribution is 5.61. The van der Waals surface area contributed by atoms with E-state index in [1.165, 1.54) is 12.4 Å². The number of nitrogens with zero attached hydrogens (tertiary/aromatic N) is 4. The monoisotopic (exact) mass is 205 g/mol. The van der Waals surface area contributed by atoms with Crippen molar-refractivity contribution in [2.75, 3.05) is 5.73 Å². The van der Waals surface area contributed by atoms with Crippen LogP contribution in [0.4, 0.5) is 5.82 Å². The van der Waals surface area contributed by atoms with E-state index in [9.17, 15) is 0 Å². The Balaban J connectivity index is 2.42.